The summed E-state index contributed by atoms with van der Waals surface area (Å²) in [6, 6.07) is 0. The van der Waals surface area contributed by atoms with Crippen LogP contribution in [0, 0.1) is 0 Å². The Kier molecular flexibility index (Phi) is 6.52. The molecule has 2 amide bonds. The van der Waals surface area contributed by atoms with Gasteiger partial charge in [-0.1, -0.05) is 22.6 Å². The first-order chi connectivity index (χ1) is 7.27. The summed E-state index contributed by atoms with van der Waals surface area (Å²) in [6.45, 7) is 0. The number of carbonyl (C=O) groups is 3. The summed E-state index contributed by atoms with van der Waals surface area (Å²) in [5, 5.41) is -1.97. The quantitative estimate of drug-likeness (QED) is 0.158. The number of alkyl halides is 1. The summed E-state index contributed by atoms with van der Waals surface area (Å²) in [5.41, 5.74) is 0. The molecular formula is C6H5INNaO7S. The van der Waals surface area contributed by atoms with Crippen LogP contribution in [0.5, 0.6) is 0 Å². The molecule has 1 atom stereocenters. The molecule has 0 aromatic rings. The van der Waals surface area contributed by atoms with Gasteiger partial charge in [-0.15, -0.1) is 5.06 Å². The van der Waals surface area contributed by atoms with E-state index in [2.05, 4.69) is 4.84 Å². The zero-order valence-corrected chi connectivity index (χ0v) is 13.6. The molecule has 1 aliphatic rings. The average molecular weight is 385 g/mol. The maximum absolute atomic E-state index is 11.3. The summed E-state index contributed by atoms with van der Waals surface area (Å²) in [7, 11) is -4.92. The fourth-order valence-electron chi connectivity index (χ4n) is 1.03. The predicted molar refractivity (Wildman–Crippen MR) is 54.9 cm³/mol. The zero-order chi connectivity index (χ0) is 12.5. The van der Waals surface area contributed by atoms with E-state index in [1.165, 1.54) is 0 Å². The first-order valence-corrected chi connectivity index (χ1v) is 6.85. The summed E-state index contributed by atoms with van der Waals surface area (Å²) < 4.78 is 31.7. The molecule has 0 bridgehead atoms. The number of hydrogen-bond acceptors (Lipinski definition) is 7. The largest absolute Gasteiger partial charge is 1.00 e. The third-order valence-corrected chi connectivity index (χ3v) is 3.40. The second-order valence-corrected chi connectivity index (χ2v) is 5.13. The van der Waals surface area contributed by atoms with Gasteiger partial charge in [-0.25, -0.2) is 13.2 Å². The first kappa shape index (κ1) is 17.2. The normalized spacial score (nSPS) is 20.1. The minimum Gasteiger partial charge on any atom is -0.747 e. The van der Waals surface area contributed by atoms with E-state index < -0.39 is 39.6 Å². The number of rotatable bonds is 3. The van der Waals surface area contributed by atoms with E-state index in [9.17, 15) is 27.4 Å². The van der Waals surface area contributed by atoms with Crippen LogP contribution >= 0.6 is 22.6 Å². The Morgan fingerprint density at radius 1 is 1.53 bits per heavy atom. The Hall–Kier alpha value is 0.250. The fourth-order valence-corrected chi connectivity index (χ4v) is 1.86. The van der Waals surface area contributed by atoms with Crippen molar-refractivity contribution in [3.63, 3.8) is 0 Å². The standard InChI is InChI=1S/C6H6INO7S.Na/c7-2-5(10)15-8-4(9)1-3(6(8)11)16(12,13)14;/h3H,1-2H2,(H,12,13,14);/q;+1/p-1. The molecule has 1 unspecified atom stereocenters. The van der Waals surface area contributed by atoms with Crippen molar-refractivity contribution < 1.29 is 61.7 Å². The van der Waals surface area contributed by atoms with Gasteiger partial charge in [0.05, 0.1) is 6.42 Å². The van der Waals surface area contributed by atoms with Gasteiger partial charge in [0.15, 0.2) is 0 Å². The van der Waals surface area contributed by atoms with Crippen LogP contribution in [0.3, 0.4) is 0 Å². The van der Waals surface area contributed by atoms with E-state index in [0.717, 1.165) is 0 Å². The monoisotopic (exact) mass is 385 g/mol. The van der Waals surface area contributed by atoms with Gasteiger partial charge >= 0.3 is 35.5 Å². The molecule has 0 radical (unpaired) electrons. The molecular weight excluding hydrogens is 380 g/mol. The topological polar surface area (TPSA) is 121 Å². The van der Waals surface area contributed by atoms with Crippen LogP contribution in [0.4, 0.5) is 0 Å². The van der Waals surface area contributed by atoms with E-state index >= 15 is 0 Å². The number of imide groups is 1. The van der Waals surface area contributed by atoms with E-state index in [1.807, 2.05) is 0 Å². The molecule has 0 aromatic carbocycles. The van der Waals surface area contributed by atoms with E-state index in [1.54, 1.807) is 22.6 Å². The van der Waals surface area contributed by atoms with Crippen molar-refractivity contribution in [3.05, 3.63) is 0 Å². The number of hydroxylamine groups is 2. The number of halogens is 1. The van der Waals surface area contributed by atoms with E-state index in [0.29, 0.717) is 0 Å². The van der Waals surface area contributed by atoms with Crippen LogP contribution in [-0.2, 0) is 29.3 Å². The molecule has 1 heterocycles. The molecule has 1 aliphatic heterocycles. The number of nitrogens with zero attached hydrogens (tertiary/aromatic N) is 1. The minimum atomic E-state index is -4.92. The average Bonchev–Trinajstić information content (AvgIpc) is 2.44. The molecule has 90 valence electrons. The van der Waals surface area contributed by atoms with Gasteiger partial charge in [0.2, 0.25) is 0 Å². The summed E-state index contributed by atoms with van der Waals surface area (Å²) in [4.78, 5) is 37.5. The Balaban J connectivity index is 0.00000256. The molecule has 0 aromatic heterocycles. The van der Waals surface area contributed by atoms with Crippen molar-refractivity contribution in [1.29, 1.82) is 0 Å². The summed E-state index contributed by atoms with van der Waals surface area (Å²) in [5.74, 6) is -3.22. The van der Waals surface area contributed by atoms with Gasteiger partial charge in [-0.3, -0.25) is 9.59 Å². The minimum absolute atomic E-state index is 0. The Labute approximate surface area is 132 Å². The molecule has 0 N–H and O–H groups in total. The predicted octanol–water partition coefficient (Wildman–Crippen LogP) is -4.44. The van der Waals surface area contributed by atoms with Gasteiger partial charge in [-0.2, -0.15) is 0 Å². The molecule has 1 rings (SSSR count). The number of amides is 2. The maximum atomic E-state index is 11.3. The summed E-state index contributed by atoms with van der Waals surface area (Å²) in [6.07, 6.45) is -0.792. The number of hydrogen-bond donors (Lipinski definition) is 0. The Morgan fingerprint density at radius 3 is 2.41 bits per heavy atom. The maximum Gasteiger partial charge on any atom is 1.00 e. The number of carbonyl (C=O) groups excluding carboxylic acids is 3. The SMILES string of the molecule is O=C(CI)ON1C(=O)CC(S(=O)(=O)[O-])C1=O.[Na+]. The van der Waals surface area contributed by atoms with Gasteiger partial charge in [0.25, 0.3) is 11.8 Å². The fraction of sp³-hybridized carbons (Fsp3) is 0.500. The van der Waals surface area contributed by atoms with Crippen molar-refractivity contribution in [2.45, 2.75) is 11.7 Å². The molecule has 1 fully saturated rings. The molecule has 11 heteroatoms. The van der Waals surface area contributed by atoms with Crippen molar-refractivity contribution >= 4 is 50.5 Å². The van der Waals surface area contributed by atoms with Gasteiger partial charge in [0, 0.05) is 0 Å². The van der Waals surface area contributed by atoms with Crippen LogP contribution in [0.2, 0.25) is 0 Å². The molecule has 0 spiro atoms. The summed E-state index contributed by atoms with van der Waals surface area (Å²) >= 11 is 1.63. The van der Waals surface area contributed by atoms with Gasteiger partial charge in [0.1, 0.15) is 19.8 Å². The van der Waals surface area contributed by atoms with E-state index in [4.69, 9.17) is 0 Å². The van der Waals surface area contributed by atoms with Crippen molar-refractivity contribution in [2.24, 2.45) is 0 Å². The van der Waals surface area contributed by atoms with Crippen LogP contribution < -0.4 is 29.6 Å². The Morgan fingerprint density at radius 2 is 2.06 bits per heavy atom. The molecule has 1 saturated heterocycles. The second kappa shape index (κ2) is 6.43. The molecule has 17 heavy (non-hydrogen) atoms. The van der Waals surface area contributed by atoms with Crippen molar-refractivity contribution in [3.8, 4) is 0 Å². The van der Waals surface area contributed by atoms with Gasteiger partial charge in [-0.05, 0) is 0 Å². The second-order valence-electron chi connectivity index (χ2n) is 2.81. The van der Waals surface area contributed by atoms with Crippen molar-refractivity contribution in [2.75, 3.05) is 4.43 Å². The third kappa shape index (κ3) is 4.13. The van der Waals surface area contributed by atoms with Crippen molar-refractivity contribution in [1.82, 2.24) is 5.06 Å². The van der Waals surface area contributed by atoms with Crippen LogP contribution in [0.15, 0.2) is 0 Å². The van der Waals surface area contributed by atoms with Crippen LogP contribution in [0.1, 0.15) is 6.42 Å². The smallest absolute Gasteiger partial charge is 0.747 e. The zero-order valence-electron chi connectivity index (χ0n) is 8.58. The molecule has 0 aliphatic carbocycles. The third-order valence-electron chi connectivity index (χ3n) is 1.71. The van der Waals surface area contributed by atoms with Crippen LogP contribution in [0.25, 0.3) is 0 Å². The first-order valence-electron chi connectivity index (χ1n) is 3.85. The van der Waals surface area contributed by atoms with Gasteiger partial charge < -0.3 is 9.39 Å². The molecule has 8 nitrogen and oxygen atoms in total. The molecule has 0 saturated carbocycles. The van der Waals surface area contributed by atoms with Crippen LogP contribution in [-0.4, -0.2) is 45.5 Å². The Bertz CT molecular complexity index is 449. The van der Waals surface area contributed by atoms with E-state index in [-0.39, 0.29) is 39.0 Å².